The lowest BCUT2D eigenvalue weighted by Crippen LogP contribution is -2.19. The van der Waals surface area contributed by atoms with Crippen LogP contribution >= 0.6 is 11.6 Å². The van der Waals surface area contributed by atoms with Crippen LogP contribution in [0.5, 0.6) is 0 Å². The van der Waals surface area contributed by atoms with E-state index in [0.29, 0.717) is 10.9 Å². The number of rotatable bonds is 3. The van der Waals surface area contributed by atoms with Gasteiger partial charge < -0.3 is 4.98 Å². The highest BCUT2D eigenvalue weighted by molar-refractivity contribution is 6.31. The van der Waals surface area contributed by atoms with Crippen LogP contribution in [0, 0.1) is 5.92 Å². The summed E-state index contributed by atoms with van der Waals surface area (Å²) >= 11 is 6.05. The molecule has 28 heavy (non-hydrogen) atoms. The molecule has 2 heterocycles. The Morgan fingerprint density at radius 1 is 1.11 bits per heavy atom. The molecular formula is C21H21ClF3N3. The van der Waals surface area contributed by atoms with Gasteiger partial charge in [-0.15, -0.1) is 0 Å². The van der Waals surface area contributed by atoms with E-state index in [1.807, 2.05) is 18.2 Å². The van der Waals surface area contributed by atoms with Crippen LogP contribution in [0.15, 0.2) is 36.5 Å². The van der Waals surface area contributed by atoms with Gasteiger partial charge in [0.1, 0.15) is 11.5 Å². The molecule has 0 amide bonds. The van der Waals surface area contributed by atoms with Crippen molar-refractivity contribution < 1.29 is 13.2 Å². The summed E-state index contributed by atoms with van der Waals surface area (Å²) in [6.45, 7) is 2.17. The van der Waals surface area contributed by atoms with Gasteiger partial charge >= 0.3 is 6.18 Å². The largest absolute Gasteiger partial charge is 0.433 e. The van der Waals surface area contributed by atoms with Gasteiger partial charge in [0, 0.05) is 17.1 Å². The number of imidazole rings is 1. The van der Waals surface area contributed by atoms with Crippen LogP contribution in [0.2, 0.25) is 5.02 Å². The van der Waals surface area contributed by atoms with Gasteiger partial charge in [-0.05, 0) is 73.4 Å². The number of nitrogens with zero attached hydrogens (tertiary/aromatic N) is 2. The monoisotopic (exact) mass is 407 g/mol. The lowest BCUT2D eigenvalue weighted by atomic mass is 9.74. The fourth-order valence-electron chi connectivity index (χ4n) is 4.25. The van der Waals surface area contributed by atoms with Crippen molar-refractivity contribution in [1.29, 1.82) is 0 Å². The fourth-order valence-corrected chi connectivity index (χ4v) is 4.42. The maximum Gasteiger partial charge on any atom is 0.433 e. The highest BCUT2D eigenvalue weighted by Crippen LogP contribution is 2.42. The lowest BCUT2D eigenvalue weighted by Gasteiger charge is -2.32. The molecule has 7 heteroatoms. The Hall–Kier alpha value is -2.08. The van der Waals surface area contributed by atoms with Crippen molar-refractivity contribution in [3.8, 4) is 0 Å². The molecule has 1 saturated carbocycles. The van der Waals surface area contributed by atoms with E-state index >= 15 is 0 Å². The Bertz CT molecular complexity index is 974. The minimum Gasteiger partial charge on any atom is -0.342 e. The lowest BCUT2D eigenvalue weighted by molar-refractivity contribution is -0.141. The number of fused-ring (bicyclic) bond motifs is 1. The minimum atomic E-state index is -4.40. The number of aromatic nitrogens is 3. The Morgan fingerprint density at radius 3 is 2.57 bits per heavy atom. The average Bonchev–Trinajstić information content (AvgIpc) is 3.10. The summed E-state index contributed by atoms with van der Waals surface area (Å²) in [5.41, 5.74) is 1.77. The summed E-state index contributed by atoms with van der Waals surface area (Å²) in [6, 6.07) is 8.53. The maximum atomic E-state index is 12.9. The summed E-state index contributed by atoms with van der Waals surface area (Å²) in [5, 5.41) is 0.673. The highest BCUT2D eigenvalue weighted by atomic mass is 35.5. The normalized spacial score (nSPS) is 21.8. The number of pyridine rings is 1. The third-order valence-electron chi connectivity index (χ3n) is 5.92. The van der Waals surface area contributed by atoms with Crippen LogP contribution in [0.25, 0.3) is 11.0 Å². The number of halogens is 4. The third kappa shape index (κ3) is 3.88. The number of benzene rings is 1. The maximum absolute atomic E-state index is 12.9. The molecule has 0 saturated heterocycles. The first-order valence-corrected chi connectivity index (χ1v) is 9.87. The topological polar surface area (TPSA) is 41.6 Å². The zero-order valence-corrected chi connectivity index (χ0v) is 16.2. The van der Waals surface area contributed by atoms with E-state index < -0.39 is 11.9 Å². The number of hydrogen-bond acceptors (Lipinski definition) is 2. The highest BCUT2D eigenvalue weighted by Gasteiger charge is 2.34. The van der Waals surface area contributed by atoms with E-state index in [1.54, 1.807) is 6.07 Å². The zero-order valence-electron chi connectivity index (χ0n) is 15.4. The zero-order chi connectivity index (χ0) is 19.9. The van der Waals surface area contributed by atoms with Gasteiger partial charge in [0.05, 0.1) is 11.0 Å². The molecule has 1 aliphatic rings. The second kappa shape index (κ2) is 7.39. The van der Waals surface area contributed by atoms with Crippen LogP contribution in [0.4, 0.5) is 13.2 Å². The van der Waals surface area contributed by atoms with Crippen molar-refractivity contribution >= 4 is 22.6 Å². The quantitative estimate of drug-likeness (QED) is 0.524. The van der Waals surface area contributed by atoms with Crippen LogP contribution < -0.4 is 0 Å². The molecule has 0 bridgehead atoms. The predicted molar refractivity (Wildman–Crippen MR) is 103 cm³/mol. The fraction of sp³-hybridized carbons (Fsp3) is 0.429. The molecule has 1 N–H and O–H groups in total. The van der Waals surface area contributed by atoms with E-state index in [4.69, 9.17) is 16.6 Å². The summed E-state index contributed by atoms with van der Waals surface area (Å²) in [5.74, 6) is 1.82. The molecule has 0 aliphatic heterocycles. The number of hydrogen-bond donors (Lipinski definition) is 1. The summed E-state index contributed by atoms with van der Waals surface area (Å²) in [7, 11) is 0. The first kappa shape index (κ1) is 19.2. The molecule has 2 aromatic heterocycles. The molecule has 0 radical (unpaired) electrons. The van der Waals surface area contributed by atoms with Gasteiger partial charge in [0.15, 0.2) is 0 Å². The molecule has 3 aromatic rings. The third-order valence-corrected chi connectivity index (χ3v) is 6.15. The number of H-pyrrole nitrogens is 1. The molecule has 148 valence electrons. The standard InChI is InChI=1S/C21H21ClF3N3/c1-12(20-27-17-7-6-16(22)11-18(17)28-20)13-2-4-14(5-3-13)15-8-9-26-19(10-15)21(23,24)25/h6-14H,2-5H2,1H3,(H,27,28)/t12-,13-,14-/m1/s1. The molecule has 1 fully saturated rings. The van der Waals surface area contributed by atoms with Crippen molar-refractivity contribution in [2.75, 3.05) is 0 Å². The Balaban J connectivity index is 1.44. The van der Waals surface area contributed by atoms with E-state index in [2.05, 4.69) is 16.9 Å². The molecule has 3 nitrogen and oxygen atoms in total. The minimum absolute atomic E-state index is 0.155. The summed E-state index contributed by atoms with van der Waals surface area (Å²) < 4.78 is 38.8. The molecule has 1 atom stereocenters. The first-order valence-electron chi connectivity index (χ1n) is 9.49. The van der Waals surface area contributed by atoms with Crippen LogP contribution in [-0.2, 0) is 6.18 Å². The van der Waals surface area contributed by atoms with Crippen LogP contribution in [-0.4, -0.2) is 15.0 Å². The number of aromatic amines is 1. The predicted octanol–water partition coefficient (Wildman–Crippen LogP) is 6.71. The average molecular weight is 408 g/mol. The SMILES string of the molecule is C[C@@H](c1nc2ccc(Cl)cc2[nH]1)[C@H]1CC[C@H](c2ccnc(C(F)(F)F)c2)CC1. The van der Waals surface area contributed by atoms with Gasteiger partial charge in [-0.3, -0.25) is 4.98 Å². The summed E-state index contributed by atoms with van der Waals surface area (Å²) in [4.78, 5) is 11.5. The van der Waals surface area contributed by atoms with Crippen molar-refractivity contribution in [2.24, 2.45) is 5.92 Å². The second-order valence-corrected chi connectivity index (χ2v) is 8.09. The summed E-state index contributed by atoms with van der Waals surface area (Å²) in [6.07, 6.45) is 0.559. The van der Waals surface area contributed by atoms with Crippen LogP contribution in [0.1, 0.15) is 61.5 Å². The number of alkyl halides is 3. The van der Waals surface area contributed by atoms with Gasteiger partial charge in [-0.2, -0.15) is 13.2 Å². The molecule has 0 spiro atoms. The Kier molecular flexibility index (Phi) is 5.08. The van der Waals surface area contributed by atoms with Gasteiger partial charge in [-0.1, -0.05) is 18.5 Å². The van der Waals surface area contributed by atoms with E-state index in [1.165, 1.54) is 12.3 Å². The van der Waals surface area contributed by atoms with Crippen LogP contribution in [0.3, 0.4) is 0 Å². The van der Waals surface area contributed by atoms with Crippen molar-refractivity contribution in [3.05, 3.63) is 58.6 Å². The van der Waals surface area contributed by atoms with E-state index in [-0.39, 0.29) is 11.8 Å². The molecule has 1 aliphatic carbocycles. The smallest absolute Gasteiger partial charge is 0.342 e. The van der Waals surface area contributed by atoms with Crippen molar-refractivity contribution in [1.82, 2.24) is 15.0 Å². The molecular weight excluding hydrogens is 387 g/mol. The van der Waals surface area contributed by atoms with Crippen molar-refractivity contribution in [3.63, 3.8) is 0 Å². The Labute approximate surface area is 166 Å². The molecule has 1 aromatic carbocycles. The van der Waals surface area contributed by atoms with Gasteiger partial charge in [0.2, 0.25) is 0 Å². The molecule has 4 rings (SSSR count). The van der Waals surface area contributed by atoms with E-state index in [0.717, 1.165) is 48.1 Å². The van der Waals surface area contributed by atoms with Crippen molar-refractivity contribution in [2.45, 2.75) is 50.6 Å². The van der Waals surface area contributed by atoms with E-state index in [9.17, 15) is 13.2 Å². The van der Waals surface area contributed by atoms with Gasteiger partial charge in [-0.25, -0.2) is 4.98 Å². The Morgan fingerprint density at radius 2 is 1.86 bits per heavy atom. The van der Waals surface area contributed by atoms with Gasteiger partial charge in [0.25, 0.3) is 0 Å². The first-order chi connectivity index (χ1) is 13.3. The number of nitrogens with one attached hydrogen (secondary N) is 1. The second-order valence-electron chi connectivity index (χ2n) is 7.66. The molecule has 0 unspecified atom stereocenters.